The number of aliphatic hydroxyl groups is 2. The molecule has 0 aliphatic carbocycles. The second-order valence-corrected chi connectivity index (χ2v) is 6.31. The van der Waals surface area contributed by atoms with Gasteiger partial charge in [-0.3, -0.25) is 0 Å². The molecule has 1 fully saturated rings. The lowest BCUT2D eigenvalue weighted by molar-refractivity contribution is -0.310. The lowest BCUT2D eigenvalue weighted by Gasteiger charge is -2.44. The maximum atomic E-state index is 10.3. The van der Waals surface area contributed by atoms with E-state index in [1.165, 1.54) is 0 Å². The number of hydrogen-bond donors (Lipinski definition) is 2. The zero-order chi connectivity index (χ0) is 17.8. The average Bonchev–Trinajstić information content (AvgIpc) is 2.58. The van der Waals surface area contributed by atoms with Crippen LogP contribution in [0, 0.1) is 0 Å². The Morgan fingerprint density at radius 3 is 1.67 bits per heavy atom. The van der Waals surface area contributed by atoms with Gasteiger partial charge in [-0.05, 0) is 19.3 Å². The van der Waals surface area contributed by atoms with Crippen molar-refractivity contribution in [2.75, 3.05) is 26.4 Å². The zero-order valence-electron chi connectivity index (χ0n) is 15.5. The first-order valence-corrected chi connectivity index (χ1v) is 9.48. The molecule has 6 nitrogen and oxygen atoms in total. The number of ether oxygens (including phenoxy) is 4. The Hall–Kier alpha value is -0.240. The molecule has 1 rings (SSSR count). The van der Waals surface area contributed by atoms with Crippen LogP contribution in [0.3, 0.4) is 0 Å². The van der Waals surface area contributed by atoms with Gasteiger partial charge >= 0.3 is 0 Å². The largest absolute Gasteiger partial charge is 0.394 e. The summed E-state index contributed by atoms with van der Waals surface area (Å²) >= 11 is 0. The van der Waals surface area contributed by atoms with E-state index >= 15 is 0 Å². The lowest BCUT2D eigenvalue weighted by atomic mass is 9.98. The second-order valence-electron chi connectivity index (χ2n) is 6.31. The van der Waals surface area contributed by atoms with Crippen LogP contribution in [0.4, 0.5) is 0 Å². The quantitative estimate of drug-likeness (QED) is 0.497. The molecule has 1 aliphatic rings. The summed E-state index contributed by atoms with van der Waals surface area (Å²) in [5, 5.41) is 19.9. The average molecular weight is 348 g/mol. The SMILES string of the molecule is CCCCOC1C(OCCCC)[C@@H](O)OC(CO)[C@H]1OCCCC. The van der Waals surface area contributed by atoms with Gasteiger partial charge in [-0.1, -0.05) is 40.0 Å². The predicted octanol–water partition coefficient (Wildman–Crippen LogP) is 2.25. The highest BCUT2D eigenvalue weighted by Crippen LogP contribution is 2.27. The third-order valence-electron chi connectivity index (χ3n) is 4.21. The Morgan fingerprint density at radius 2 is 1.21 bits per heavy atom. The topological polar surface area (TPSA) is 77.4 Å². The van der Waals surface area contributed by atoms with E-state index in [0.29, 0.717) is 19.8 Å². The summed E-state index contributed by atoms with van der Waals surface area (Å²) in [6, 6.07) is 0. The van der Waals surface area contributed by atoms with Gasteiger partial charge in [0.25, 0.3) is 0 Å². The lowest BCUT2D eigenvalue weighted by Crippen LogP contribution is -2.61. The number of rotatable bonds is 13. The molecule has 0 amide bonds. The van der Waals surface area contributed by atoms with Crippen LogP contribution in [0.25, 0.3) is 0 Å². The Balaban J connectivity index is 2.79. The van der Waals surface area contributed by atoms with Crippen LogP contribution in [0.1, 0.15) is 59.3 Å². The summed E-state index contributed by atoms with van der Waals surface area (Å²) in [6.45, 7) is 7.76. The first-order valence-electron chi connectivity index (χ1n) is 9.48. The summed E-state index contributed by atoms with van der Waals surface area (Å²) in [6.07, 6.45) is 2.65. The fourth-order valence-corrected chi connectivity index (χ4v) is 2.70. The molecule has 0 aromatic carbocycles. The van der Waals surface area contributed by atoms with Crippen molar-refractivity contribution in [1.29, 1.82) is 0 Å². The normalized spacial score (nSPS) is 30.6. The molecule has 144 valence electrons. The van der Waals surface area contributed by atoms with E-state index in [9.17, 15) is 10.2 Å². The van der Waals surface area contributed by atoms with Crippen molar-refractivity contribution in [2.45, 2.75) is 90.0 Å². The van der Waals surface area contributed by atoms with E-state index in [1.807, 2.05) is 0 Å². The summed E-state index contributed by atoms with van der Waals surface area (Å²) in [5.41, 5.74) is 0. The Kier molecular flexibility index (Phi) is 11.8. The molecule has 3 unspecified atom stereocenters. The van der Waals surface area contributed by atoms with Crippen molar-refractivity contribution in [3.63, 3.8) is 0 Å². The first kappa shape index (κ1) is 21.8. The fraction of sp³-hybridized carbons (Fsp3) is 1.00. The highest BCUT2D eigenvalue weighted by Gasteiger charge is 2.47. The minimum Gasteiger partial charge on any atom is -0.394 e. The van der Waals surface area contributed by atoms with Crippen LogP contribution in [-0.2, 0) is 18.9 Å². The number of aliphatic hydroxyl groups excluding tert-OH is 2. The maximum absolute atomic E-state index is 10.3. The third kappa shape index (κ3) is 6.94. The number of hydrogen-bond acceptors (Lipinski definition) is 6. The minimum absolute atomic E-state index is 0.219. The molecule has 24 heavy (non-hydrogen) atoms. The molecular weight excluding hydrogens is 312 g/mol. The van der Waals surface area contributed by atoms with Crippen molar-refractivity contribution in [3.05, 3.63) is 0 Å². The molecule has 0 aromatic rings. The monoisotopic (exact) mass is 348 g/mol. The van der Waals surface area contributed by atoms with Gasteiger partial charge < -0.3 is 29.2 Å². The van der Waals surface area contributed by atoms with E-state index in [-0.39, 0.29) is 6.61 Å². The van der Waals surface area contributed by atoms with Gasteiger partial charge in [-0.25, -0.2) is 0 Å². The Labute approximate surface area is 146 Å². The zero-order valence-corrected chi connectivity index (χ0v) is 15.5. The molecule has 0 radical (unpaired) electrons. The van der Waals surface area contributed by atoms with Gasteiger partial charge in [-0.15, -0.1) is 0 Å². The van der Waals surface area contributed by atoms with Crippen molar-refractivity contribution < 1.29 is 29.2 Å². The molecule has 1 aliphatic heterocycles. The fourth-order valence-electron chi connectivity index (χ4n) is 2.70. The molecule has 6 heteroatoms. The first-order chi connectivity index (χ1) is 11.7. The van der Waals surface area contributed by atoms with Gasteiger partial charge in [0.1, 0.15) is 24.4 Å². The summed E-state index contributed by atoms with van der Waals surface area (Å²) in [4.78, 5) is 0. The summed E-state index contributed by atoms with van der Waals surface area (Å²) < 4.78 is 23.3. The van der Waals surface area contributed by atoms with Gasteiger partial charge in [0.15, 0.2) is 6.29 Å². The Morgan fingerprint density at radius 1 is 0.750 bits per heavy atom. The van der Waals surface area contributed by atoms with Crippen LogP contribution in [0.5, 0.6) is 0 Å². The van der Waals surface area contributed by atoms with Crippen LogP contribution in [0.2, 0.25) is 0 Å². The van der Waals surface area contributed by atoms with Crippen molar-refractivity contribution >= 4 is 0 Å². The van der Waals surface area contributed by atoms with Crippen LogP contribution in [0.15, 0.2) is 0 Å². The highest BCUT2D eigenvalue weighted by molar-refractivity contribution is 4.92. The molecule has 0 bridgehead atoms. The Bertz CT molecular complexity index is 301. The molecule has 2 N–H and O–H groups in total. The predicted molar refractivity (Wildman–Crippen MR) is 91.9 cm³/mol. The van der Waals surface area contributed by atoms with Crippen LogP contribution in [-0.4, -0.2) is 67.3 Å². The summed E-state index contributed by atoms with van der Waals surface area (Å²) in [7, 11) is 0. The van der Waals surface area contributed by atoms with E-state index < -0.39 is 30.7 Å². The smallest absolute Gasteiger partial charge is 0.184 e. The number of unbranched alkanes of at least 4 members (excludes halogenated alkanes) is 3. The van der Waals surface area contributed by atoms with E-state index in [2.05, 4.69) is 20.8 Å². The van der Waals surface area contributed by atoms with E-state index in [4.69, 9.17) is 18.9 Å². The van der Waals surface area contributed by atoms with Gasteiger partial charge in [-0.2, -0.15) is 0 Å². The second kappa shape index (κ2) is 13.0. The van der Waals surface area contributed by atoms with Gasteiger partial charge in [0, 0.05) is 19.8 Å². The molecule has 0 saturated carbocycles. The standard InChI is InChI=1S/C18H36O6/c1-4-7-10-21-15-14(13-19)24-18(20)17(23-12-9-6-3)16(15)22-11-8-5-2/h14-20H,4-13H2,1-3H3/t14?,15-,16?,17?,18+/m1/s1. The molecule has 0 aromatic heterocycles. The molecule has 1 heterocycles. The van der Waals surface area contributed by atoms with Crippen molar-refractivity contribution in [2.24, 2.45) is 0 Å². The van der Waals surface area contributed by atoms with Crippen molar-refractivity contribution in [3.8, 4) is 0 Å². The third-order valence-corrected chi connectivity index (χ3v) is 4.21. The molecule has 1 saturated heterocycles. The van der Waals surface area contributed by atoms with Gasteiger partial charge in [0.2, 0.25) is 0 Å². The molecular formula is C18H36O6. The van der Waals surface area contributed by atoms with Gasteiger partial charge in [0.05, 0.1) is 6.61 Å². The van der Waals surface area contributed by atoms with Crippen LogP contribution >= 0.6 is 0 Å². The summed E-state index contributed by atoms with van der Waals surface area (Å²) in [5.74, 6) is 0. The van der Waals surface area contributed by atoms with Crippen molar-refractivity contribution in [1.82, 2.24) is 0 Å². The van der Waals surface area contributed by atoms with Crippen LogP contribution < -0.4 is 0 Å². The highest BCUT2D eigenvalue weighted by atomic mass is 16.7. The molecule has 5 atom stereocenters. The minimum atomic E-state index is -1.11. The van der Waals surface area contributed by atoms with E-state index in [0.717, 1.165) is 38.5 Å². The van der Waals surface area contributed by atoms with E-state index in [1.54, 1.807) is 0 Å². The molecule has 0 spiro atoms. The maximum Gasteiger partial charge on any atom is 0.184 e.